The zero-order chi connectivity index (χ0) is 14.8. The third-order valence-corrected chi connectivity index (χ3v) is 4.93. The Bertz CT molecular complexity index is 694. The molecule has 2 fully saturated rings. The van der Waals surface area contributed by atoms with E-state index in [1.165, 1.54) is 25.7 Å². The fourth-order valence-corrected chi connectivity index (χ4v) is 3.82. The number of rotatable bonds is 1. The molecule has 0 N–H and O–H groups in total. The van der Waals surface area contributed by atoms with Crippen LogP contribution in [0.3, 0.4) is 0 Å². The number of benzene rings is 1. The summed E-state index contributed by atoms with van der Waals surface area (Å²) in [4.78, 5) is 7.16. The molecule has 22 heavy (non-hydrogen) atoms. The summed E-state index contributed by atoms with van der Waals surface area (Å²) < 4.78 is 0. The van der Waals surface area contributed by atoms with E-state index in [-0.39, 0.29) is 0 Å². The van der Waals surface area contributed by atoms with Gasteiger partial charge in [-0.2, -0.15) is 0 Å². The Morgan fingerprint density at radius 3 is 2.59 bits per heavy atom. The van der Waals surface area contributed by atoms with Crippen molar-refractivity contribution in [1.82, 2.24) is 4.98 Å². The molecule has 1 aromatic carbocycles. The van der Waals surface area contributed by atoms with Crippen molar-refractivity contribution in [3.63, 3.8) is 0 Å². The van der Waals surface area contributed by atoms with E-state index in [4.69, 9.17) is 0 Å². The molecule has 0 spiro atoms. The summed E-state index contributed by atoms with van der Waals surface area (Å²) in [5.41, 5.74) is 2.02. The molecular weight excluding hydrogens is 268 g/mol. The van der Waals surface area contributed by atoms with Gasteiger partial charge in [0.25, 0.3) is 0 Å². The smallest absolute Gasteiger partial charge is 0.128 e. The van der Waals surface area contributed by atoms with E-state index < -0.39 is 0 Å². The predicted molar refractivity (Wildman–Crippen MR) is 89.8 cm³/mol. The van der Waals surface area contributed by atoms with E-state index in [1.807, 2.05) is 36.5 Å². The number of anilines is 1. The molecule has 0 radical (unpaired) electrons. The molecular formula is C20H20N2. The van der Waals surface area contributed by atoms with Gasteiger partial charge in [-0.05, 0) is 49.4 Å². The lowest BCUT2D eigenvalue weighted by Gasteiger charge is -2.24. The molecule has 0 amide bonds. The van der Waals surface area contributed by atoms with E-state index in [0.29, 0.717) is 0 Å². The van der Waals surface area contributed by atoms with Crippen LogP contribution in [0.1, 0.15) is 36.8 Å². The average Bonchev–Trinajstić information content (AvgIpc) is 3.18. The number of aromatic nitrogens is 1. The maximum Gasteiger partial charge on any atom is 0.128 e. The minimum atomic E-state index is 0.730. The van der Waals surface area contributed by atoms with Gasteiger partial charge in [-0.25, -0.2) is 4.98 Å². The highest BCUT2D eigenvalue weighted by atomic mass is 15.2. The molecule has 2 aromatic rings. The maximum atomic E-state index is 4.66. The zero-order valence-corrected chi connectivity index (χ0v) is 12.7. The molecule has 4 rings (SSSR count). The van der Waals surface area contributed by atoms with E-state index >= 15 is 0 Å². The molecule has 2 atom stereocenters. The fourth-order valence-electron chi connectivity index (χ4n) is 3.82. The van der Waals surface area contributed by atoms with Crippen molar-refractivity contribution in [2.75, 3.05) is 11.4 Å². The second kappa shape index (κ2) is 5.85. The summed E-state index contributed by atoms with van der Waals surface area (Å²) in [7, 11) is 0. The Morgan fingerprint density at radius 2 is 1.77 bits per heavy atom. The number of hydrogen-bond acceptors (Lipinski definition) is 2. The van der Waals surface area contributed by atoms with Gasteiger partial charge in [0.1, 0.15) is 5.82 Å². The third kappa shape index (κ3) is 2.60. The SMILES string of the molecule is C(#Cc1ccc(N2CC[C@H]3CCC[C@H]32)nc1)c1ccccc1. The molecule has 2 heterocycles. The largest absolute Gasteiger partial charge is 0.353 e. The minimum absolute atomic E-state index is 0.730. The van der Waals surface area contributed by atoms with Crippen LogP contribution in [0.4, 0.5) is 5.82 Å². The molecule has 1 saturated heterocycles. The molecule has 1 aromatic heterocycles. The Balaban J connectivity index is 1.50. The Morgan fingerprint density at radius 1 is 0.909 bits per heavy atom. The van der Waals surface area contributed by atoms with E-state index in [0.717, 1.165) is 35.4 Å². The van der Waals surface area contributed by atoms with Gasteiger partial charge in [-0.15, -0.1) is 0 Å². The lowest BCUT2D eigenvalue weighted by atomic mass is 10.0. The lowest BCUT2D eigenvalue weighted by Crippen LogP contribution is -2.30. The maximum absolute atomic E-state index is 4.66. The first-order chi connectivity index (χ1) is 10.9. The second-order valence-corrected chi connectivity index (χ2v) is 6.26. The standard InChI is InChI=1S/C20H20N2/c1-2-5-16(6-3-1)9-10-17-11-12-20(21-15-17)22-14-13-18-7-4-8-19(18)22/h1-3,5-6,11-12,15,18-19H,4,7-8,13-14H2/t18-,19-/m1/s1. The normalized spacial score (nSPS) is 23.0. The van der Waals surface area contributed by atoms with Gasteiger partial charge < -0.3 is 4.90 Å². The van der Waals surface area contributed by atoms with Crippen molar-refractivity contribution in [2.24, 2.45) is 5.92 Å². The van der Waals surface area contributed by atoms with Crippen LogP contribution < -0.4 is 4.90 Å². The third-order valence-electron chi connectivity index (χ3n) is 4.93. The lowest BCUT2D eigenvalue weighted by molar-refractivity contribution is 0.540. The second-order valence-electron chi connectivity index (χ2n) is 6.26. The Labute approximate surface area is 132 Å². The van der Waals surface area contributed by atoms with Crippen LogP contribution in [0.25, 0.3) is 0 Å². The highest BCUT2D eigenvalue weighted by molar-refractivity contribution is 5.47. The van der Waals surface area contributed by atoms with Crippen molar-refractivity contribution in [3.05, 3.63) is 59.8 Å². The van der Waals surface area contributed by atoms with Crippen molar-refractivity contribution in [1.29, 1.82) is 0 Å². The fraction of sp³-hybridized carbons (Fsp3) is 0.350. The van der Waals surface area contributed by atoms with Crippen LogP contribution in [-0.2, 0) is 0 Å². The molecule has 1 aliphatic heterocycles. The van der Waals surface area contributed by atoms with Crippen LogP contribution in [0.5, 0.6) is 0 Å². The highest BCUT2D eigenvalue weighted by Crippen LogP contribution is 2.39. The Hall–Kier alpha value is -2.27. The number of nitrogens with zero attached hydrogens (tertiary/aromatic N) is 2. The highest BCUT2D eigenvalue weighted by Gasteiger charge is 2.37. The summed E-state index contributed by atoms with van der Waals surface area (Å²) >= 11 is 0. The first kappa shape index (κ1) is 13.4. The number of pyridine rings is 1. The zero-order valence-electron chi connectivity index (χ0n) is 12.7. The van der Waals surface area contributed by atoms with E-state index in [2.05, 4.69) is 33.9 Å². The van der Waals surface area contributed by atoms with Gasteiger partial charge in [0.05, 0.1) is 0 Å². The predicted octanol–water partition coefficient (Wildman–Crippen LogP) is 3.86. The van der Waals surface area contributed by atoms with Gasteiger partial charge in [-0.3, -0.25) is 0 Å². The molecule has 0 bridgehead atoms. The van der Waals surface area contributed by atoms with Crippen LogP contribution in [-0.4, -0.2) is 17.6 Å². The Kier molecular flexibility index (Phi) is 3.56. The summed E-state index contributed by atoms with van der Waals surface area (Å²) in [6, 6.07) is 15.0. The van der Waals surface area contributed by atoms with Crippen LogP contribution in [0.2, 0.25) is 0 Å². The molecule has 1 aliphatic carbocycles. The van der Waals surface area contributed by atoms with Crippen LogP contribution in [0, 0.1) is 17.8 Å². The van der Waals surface area contributed by atoms with Crippen molar-refractivity contribution in [3.8, 4) is 11.8 Å². The summed E-state index contributed by atoms with van der Waals surface area (Å²) in [6.07, 6.45) is 7.37. The number of hydrogen-bond donors (Lipinski definition) is 0. The van der Waals surface area contributed by atoms with Crippen molar-refractivity contribution >= 4 is 5.82 Å². The molecule has 2 aliphatic rings. The van der Waals surface area contributed by atoms with Gasteiger partial charge >= 0.3 is 0 Å². The van der Waals surface area contributed by atoms with Gasteiger partial charge in [-0.1, -0.05) is 36.5 Å². The first-order valence-electron chi connectivity index (χ1n) is 8.20. The van der Waals surface area contributed by atoms with Crippen LogP contribution >= 0.6 is 0 Å². The molecule has 0 unspecified atom stereocenters. The average molecular weight is 288 g/mol. The minimum Gasteiger partial charge on any atom is -0.353 e. The van der Waals surface area contributed by atoms with Gasteiger partial charge in [0, 0.05) is 29.9 Å². The van der Waals surface area contributed by atoms with Gasteiger partial charge in [0.15, 0.2) is 0 Å². The van der Waals surface area contributed by atoms with Crippen molar-refractivity contribution < 1.29 is 0 Å². The number of fused-ring (bicyclic) bond motifs is 1. The van der Waals surface area contributed by atoms with Gasteiger partial charge in [0.2, 0.25) is 0 Å². The quantitative estimate of drug-likeness (QED) is 0.741. The van der Waals surface area contributed by atoms with Crippen molar-refractivity contribution in [2.45, 2.75) is 31.7 Å². The van der Waals surface area contributed by atoms with E-state index in [9.17, 15) is 0 Å². The first-order valence-corrected chi connectivity index (χ1v) is 8.20. The summed E-state index contributed by atoms with van der Waals surface area (Å²) in [5.74, 6) is 8.40. The summed E-state index contributed by atoms with van der Waals surface area (Å²) in [6.45, 7) is 1.16. The molecule has 110 valence electrons. The molecule has 1 saturated carbocycles. The van der Waals surface area contributed by atoms with Crippen LogP contribution in [0.15, 0.2) is 48.7 Å². The molecule has 2 nitrogen and oxygen atoms in total. The van der Waals surface area contributed by atoms with E-state index in [1.54, 1.807) is 0 Å². The molecule has 2 heteroatoms. The monoisotopic (exact) mass is 288 g/mol. The summed E-state index contributed by atoms with van der Waals surface area (Å²) in [5, 5.41) is 0. The topological polar surface area (TPSA) is 16.1 Å².